The summed E-state index contributed by atoms with van der Waals surface area (Å²) in [6.45, 7) is 2.69. The quantitative estimate of drug-likeness (QED) is 0.890. The third-order valence-corrected chi connectivity index (χ3v) is 4.29. The lowest BCUT2D eigenvalue weighted by Crippen LogP contribution is -2.35. The monoisotopic (exact) mass is 280 g/mol. The highest BCUT2D eigenvalue weighted by Gasteiger charge is 2.21. The number of benzene rings is 1. The lowest BCUT2D eigenvalue weighted by Gasteiger charge is -2.32. The molecule has 1 aromatic carbocycles. The van der Waals surface area contributed by atoms with Gasteiger partial charge in [-0.2, -0.15) is 0 Å². The number of nitrogens with zero attached hydrogens (tertiary/aromatic N) is 1. The van der Waals surface area contributed by atoms with Gasteiger partial charge in [-0.15, -0.1) is 0 Å². The van der Waals surface area contributed by atoms with E-state index >= 15 is 0 Å². The maximum absolute atomic E-state index is 9.55. The zero-order valence-corrected chi connectivity index (χ0v) is 11.9. The Kier molecular flexibility index (Phi) is 3.96. The van der Waals surface area contributed by atoms with Crippen molar-refractivity contribution in [3.8, 4) is 0 Å². The van der Waals surface area contributed by atoms with Gasteiger partial charge in [-0.05, 0) is 43.4 Å². The van der Waals surface area contributed by atoms with Gasteiger partial charge >= 0.3 is 0 Å². The van der Waals surface area contributed by atoms with Crippen LogP contribution in [0.1, 0.15) is 31.2 Å². The molecule has 1 aliphatic carbocycles. The van der Waals surface area contributed by atoms with Crippen LogP contribution in [0.25, 0.3) is 0 Å². The van der Waals surface area contributed by atoms with Gasteiger partial charge in [0.15, 0.2) is 0 Å². The van der Waals surface area contributed by atoms with Gasteiger partial charge in [-0.25, -0.2) is 0 Å². The van der Waals surface area contributed by atoms with Gasteiger partial charge in [-0.3, -0.25) is 0 Å². The van der Waals surface area contributed by atoms with Gasteiger partial charge < -0.3 is 15.3 Å². The smallest absolute Gasteiger partial charge is 0.0642 e. The molecule has 2 fully saturated rings. The second kappa shape index (κ2) is 5.70. The Labute approximate surface area is 119 Å². The van der Waals surface area contributed by atoms with E-state index in [-0.39, 0.29) is 6.10 Å². The molecule has 1 heterocycles. The first kappa shape index (κ1) is 13.2. The molecule has 4 heteroatoms. The minimum Gasteiger partial charge on any atom is -0.393 e. The van der Waals surface area contributed by atoms with Crippen LogP contribution in [0.15, 0.2) is 18.2 Å². The predicted octanol–water partition coefficient (Wildman–Crippen LogP) is 2.55. The Morgan fingerprint density at radius 1 is 1.21 bits per heavy atom. The summed E-state index contributed by atoms with van der Waals surface area (Å²) >= 11 is 6.40. The highest BCUT2D eigenvalue weighted by Crippen LogP contribution is 2.29. The van der Waals surface area contributed by atoms with Gasteiger partial charge in [0, 0.05) is 25.7 Å². The van der Waals surface area contributed by atoms with Gasteiger partial charge in [-0.1, -0.05) is 17.7 Å². The number of aliphatic hydroxyl groups is 1. The zero-order valence-electron chi connectivity index (χ0n) is 11.1. The summed E-state index contributed by atoms with van der Waals surface area (Å²) < 4.78 is 0. The Bertz CT molecular complexity index is 440. The highest BCUT2D eigenvalue weighted by atomic mass is 35.5. The fraction of sp³-hybridized carbons (Fsp3) is 0.600. The second-order valence-electron chi connectivity index (χ2n) is 5.66. The molecule has 0 unspecified atom stereocenters. The fourth-order valence-corrected chi connectivity index (χ4v) is 2.90. The molecule has 0 bridgehead atoms. The van der Waals surface area contributed by atoms with Crippen LogP contribution in [-0.4, -0.2) is 30.3 Å². The van der Waals surface area contributed by atoms with Gasteiger partial charge in [0.2, 0.25) is 0 Å². The third kappa shape index (κ3) is 3.41. The molecule has 3 rings (SSSR count). The molecule has 0 aromatic heterocycles. The molecular weight excluding hydrogens is 260 g/mol. The van der Waals surface area contributed by atoms with E-state index in [1.54, 1.807) is 0 Å². The van der Waals surface area contributed by atoms with Crippen LogP contribution in [0.3, 0.4) is 0 Å². The number of aliphatic hydroxyl groups excluding tert-OH is 1. The van der Waals surface area contributed by atoms with E-state index in [0.717, 1.165) is 49.2 Å². The van der Waals surface area contributed by atoms with Crippen molar-refractivity contribution in [1.29, 1.82) is 0 Å². The number of anilines is 1. The van der Waals surface area contributed by atoms with Crippen LogP contribution >= 0.6 is 11.6 Å². The summed E-state index contributed by atoms with van der Waals surface area (Å²) in [5.41, 5.74) is 2.35. The number of halogens is 1. The molecule has 1 aliphatic heterocycles. The minimum absolute atomic E-state index is 0.142. The lowest BCUT2D eigenvalue weighted by atomic mass is 10.1. The fourth-order valence-electron chi connectivity index (χ4n) is 2.57. The summed E-state index contributed by atoms with van der Waals surface area (Å²) in [6.07, 6.45) is 4.14. The number of hydrogen-bond donors (Lipinski definition) is 2. The number of piperidine rings is 1. The first-order chi connectivity index (χ1) is 9.22. The number of rotatable bonds is 4. The van der Waals surface area contributed by atoms with E-state index in [1.165, 1.54) is 18.4 Å². The summed E-state index contributed by atoms with van der Waals surface area (Å²) in [6, 6.07) is 7.06. The first-order valence-corrected chi connectivity index (χ1v) is 7.55. The number of hydrogen-bond acceptors (Lipinski definition) is 3. The molecule has 0 amide bonds. The van der Waals surface area contributed by atoms with E-state index in [0.29, 0.717) is 0 Å². The molecule has 1 saturated carbocycles. The summed E-state index contributed by atoms with van der Waals surface area (Å²) in [5.74, 6) is 0. The predicted molar refractivity (Wildman–Crippen MR) is 78.8 cm³/mol. The Balaban J connectivity index is 1.64. The van der Waals surface area contributed by atoms with Crippen molar-refractivity contribution in [3.63, 3.8) is 0 Å². The van der Waals surface area contributed by atoms with Crippen molar-refractivity contribution < 1.29 is 5.11 Å². The molecule has 1 aromatic rings. The summed E-state index contributed by atoms with van der Waals surface area (Å²) in [4.78, 5) is 2.27. The molecule has 0 spiro atoms. The topological polar surface area (TPSA) is 35.5 Å². The van der Waals surface area contributed by atoms with E-state index in [9.17, 15) is 5.11 Å². The molecule has 19 heavy (non-hydrogen) atoms. The Morgan fingerprint density at radius 2 is 1.95 bits per heavy atom. The molecule has 1 saturated heterocycles. The molecule has 0 atom stereocenters. The number of nitrogens with one attached hydrogen (secondary N) is 1. The summed E-state index contributed by atoms with van der Waals surface area (Å²) in [7, 11) is 0. The van der Waals surface area contributed by atoms with Crippen LogP contribution in [0.4, 0.5) is 5.69 Å². The molecule has 3 nitrogen and oxygen atoms in total. The largest absolute Gasteiger partial charge is 0.393 e. The van der Waals surface area contributed by atoms with Crippen molar-refractivity contribution >= 4 is 17.3 Å². The van der Waals surface area contributed by atoms with Crippen molar-refractivity contribution in [1.82, 2.24) is 5.32 Å². The molecule has 0 radical (unpaired) electrons. The van der Waals surface area contributed by atoms with Crippen LogP contribution in [0, 0.1) is 0 Å². The van der Waals surface area contributed by atoms with Gasteiger partial charge in [0.25, 0.3) is 0 Å². The average molecular weight is 281 g/mol. The maximum atomic E-state index is 9.55. The average Bonchev–Trinajstić information content (AvgIpc) is 3.22. The molecule has 2 aliphatic rings. The third-order valence-electron chi connectivity index (χ3n) is 3.99. The van der Waals surface area contributed by atoms with Crippen molar-refractivity contribution in [2.45, 2.75) is 44.4 Å². The van der Waals surface area contributed by atoms with E-state index in [4.69, 9.17) is 11.6 Å². The van der Waals surface area contributed by atoms with Crippen LogP contribution in [0.5, 0.6) is 0 Å². The minimum atomic E-state index is -0.142. The van der Waals surface area contributed by atoms with Gasteiger partial charge in [0.1, 0.15) is 0 Å². The molecule has 104 valence electrons. The second-order valence-corrected chi connectivity index (χ2v) is 6.07. The maximum Gasteiger partial charge on any atom is 0.0642 e. The van der Waals surface area contributed by atoms with Gasteiger partial charge in [0.05, 0.1) is 16.8 Å². The Morgan fingerprint density at radius 3 is 2.58 bits per heavy atom. The highest BCUT2D eigenvalue weighted by molar-refractivity contribution is 6.33. The van der Waals surface area contributed by atoms with Crippen molar-refractivity contribution in [2.75, 3.05) is 18.0 Å². The first-order valence-electron chi connectivity index (χ1n) is 7.17. The SMILES string of the molecule is OC1CCN(c2ccc(CNC3CC3)cc2Cl)CC1. The molecular formula is C15H21ClN2O. The van der Waals surface area contributed by atoms with Crippen LogP contribution in [-0.2, 0) is 6.54 Å². The van der Waals surface area contributed by atoms with Crippen LogP contribution < -0.4 is 10.2 Å². The van der Waals surface area contributed by atoms with Crippen molar-refractivity contribution in [3.05, 3.63) is 28.8 Å². The molecule has 2 N–H and O–H groups in total. The van der Waals surface area contributed by atoms with E-state index < -0.39 is 0 Å². The van der Waals surface area contributed by atoms with E-state index in [2.05, 4.69) is 28.4 Å². The van der Waals surface area contributed by atoms with Crippen molar-refractivity contribution in [2.24, 2.45) is 0 Å². The Hall–Kier alpha value is -0.770. The lowest BCUT2D eigenvalue weighted by molar-refractivity contribution is 0.145. The van der Waals surface area contributed by atoms with Crippen LogP contribution in [0.2, 0.25) is 5.02 Å². The standard InChI is InChI=1S/C15H21ClN2O/c16-14-9-11(10-17-12-2-3-12)1-4-15(14)18-7-5-13(19)6-8-18/h1,4,9,12-13,17,19H,2-3,5-8,10H2. The summed E-state index contributed by atoms with van der Waals surface area (Å²) in [5, 5.41) is 13.9. The van der Waals surface area contributed by atoms with E-state index in [1.807, 2.05) is 0 Å². The normalized spacial score (nSPS) is 20.8. The zero-order chi connectivity index (χ0) is 13.2.